The molecule has 13 rings (SSSR count). The van der Waals surface area contributed by atoms with Crippen molar-refractivity contribution in [2.24, 2.45) is 0 Å². The van der Waals surface area contributed by atoms with E-state index in [2.05, 4.69) is 305 Å². The lowest BCUT2D eigenvalue weighted by atomic mass is 9.73. The first-order valence-electron chi connectivity index (χ1n) is 25.0. The van der Waals surface area contributed by atoms with Crippen molar-refractivity contribution in [3.05, 3.63) is 290 Å². The van der Waals surface area contributed by atoms with Crippen molar-refractivity contribution >= 4 is 78.6 Å². The highest BCUT2D eigenvalue weighted by Crippen LogP contribution is 2.55. The Kier molecular flexibility index (Phi) is 10.7. The zero-order valence-electron chi connectivity index (χ0n) is 40.1. The van der Waals surface area contributed by atoms with Gasteiger partial charge in [0.15, 0.2) is 0 Å². The van der Waals surface area contributed by atoms with Gasteiger partial charge < -0.3 is 19.3 Å². The molecule has 1 aromatic heterocycles. The van der Waals surface area contributed by atoms with Crippen molar-refractivity contribution in [1.29, 1.82) is 0 Å². The molecule has 2 unspecified atom stereocenters. The number of anilines is 8. The van der Waals surface area contributed by atoms with Crippen LogP contribution in [0, 0.1) is 0 Å². The molecule has 0 saturated carbocycles. The first-order chi connectivity index (χ1) is 35.6. The molecule has 72 heavy (non-hydrogen) atoms. The van der Waals surface area contributed by atoms with Crippen LogP contribution in [0.1, 0.15) is 24.5 Å². The van der Waals surface area contributed by atoms with Crippen molar-refractivity contribution in [3.8, 4) is 11.1 Å². The molecule has 1 aliphatic heterocycles. The summed E-state index contributed by atoms with van der Waals surface area (Å²) in [5.74, 6) is 0. The van der Waals surface area contributed by atoms with Crippen LogP contribution in [-0.4, -0.2) is 10.6 Å². The fourth-order valence-corrected chi connectivity index (χ4v) is 11.4. The monoisotopic (exact) mass is 924 g/mol. The largest absolute Gasteiger partial charge is 0.333 e. The Morgan fingerprint density at radius 2 is 1.03 bits per heavy atom. The lowest BCUT2D eigenvalue weighted by molar-refractivity contribution is 0.553. The Morgan fingerprint density at radius 3 is 1.71 bits per heavy atom. The molecule has 4 nitrogen and oxygen atoms in total. The first kappa shape index (κ1) is 42.9. The summed E-state index contributed by atoms with van der Waals surface area (Å²) in [6.07, 6.45) is 19.1. The average Bonchev–Trinajstić information content (AvgIpc) is 3.73. The number of para-hydroxylation sites is 5. The lowest BCUT2D eigenvalue weighted by Crippen LogP contribution is -2.39. The quantitative estimate of drug-likeness (QED) is 0.136. The number of benzene rings is 9. The van der Waals surface area contributed by atoms with Crippen LogP contribution in [-0.2, 0) is 5.41 Å². The van der Waals surface area contributed by atoms with Crippen LogP contribution < -0.4 is 14.7 Å². The Hall–Kier alpha value is -9.12. The molecule has 4 heteroatoms. The summed E-state index contributed by atoms with van der Waals surface area (Å²) in [6, 6.07) is 83.8. The molecule has 3 aliphatic rings. The molecular weight excluding hydrogens is 873 g/mol. The second-order valence-electron chi connectivity index (χ2n) is 19.1. The highest BCUT2D eigenvalue weighted by Gasteiger charge is 2.47. The summed E-state index contributed by atoms with van der Waals surface area (Å²) in [4.78, 5) is 7.24. The zero-order valence-corrected chi connectivity index (χ0v) is 40.1. The number of fused-ring (bicyclic) bond motifs is 6. The maximum absolute atomic E-state index is 2.57. The van der Waals surface area contributed by atoms with Crippen LogP contribution in [0.2, 0.25) is 0 Å². The van der Waals surface area contributed by atoms with Gasteiger partial charge in [0, 0.05) is 73.8 Å². The summed E-state index contributed by atoms with van der Waals surface area (Å²) in [7, 11) is 0. The van der Waals surface area contributed by atoms with Crippen LogP contribution in [0.15, 0.2) is 279 Å². The Bertz CT molecular complexity index is 3710. The standard InChI is InChI=1S/C68H52N4/c1-68-48-52(50-37-42-65-62(45-50)61-33-18-19-34-64(61)71(65)57-29-8-2-3-9-30-57)39-44-67(68)72(60-32-20-31-59(47-60)70(55-25-14-6-15-26-55)56-27-16-7-17-28-56)66-43-38-51(46-63(66)68)49-35-40-58(41-36-49)69(53-21-10-4-11-22-53)54-23-12-5-13-24-54/h2-29,31-48,67H,30H2,1H3. The number of rotatable bonds is 10. The van der Waals surface area contributed by atoms with Gasteiger partial charge in [0.25, 0.3) is 0 Å². The first-order valence-corrected chi connectivity index (χ1v) is 25.0. The predicted molar refractivity (Wildman–Crippen MR) is 305 cm³/mol. The highest BCUT2D eigenvalue weighted by molar-refractivity contribution is 6.11. The molecule has 10 aromatic rings. The number of nitrogens with zero attached hydrogens (tertiary/aromatic N) is 4. The van der Waals surface area contributed by atoms with E-state index in [9.17, 15) is 0 Å². The maximum atomic E-state index is 2.57. The topological polar surface area (TPSA) is 14.7 Å². The minimum atomic E-state index is -0.381. The normalized spacial score (nSPS) is 16.8. The van der Waals surface area contributed by atoms with Crippen molar-refractivity contribution in [1.82, 2.24) is 4.57 Å². The van der Waals surface area contributed by atoms with E-state index in [1.165, 1.54) is 61.0 Å². The third-order valence-electron chi connectivity index (χ3n) is 14.8. The molecule has 9 aromatic carbocycles. The molecule has 0 N–H and O–H groups in total. The molecule has 344 valence electrons. The van der Waals surface area contributed by atoms with E-state index in [0.717, 1.165) is 46.2 Å². The fraction of sp³-hybridized carbons (Fsp3) is 0.0588. The second-order valence-corrected chi connectivity index (χ2v) is 19.1. The Labute approximate surface area is 422 Å². The van der Waals surface area contributed by atoms with E-state index >= 15 is 0 Å². The summed E-state index contributed by atoms with van der Waals surface area (Å²) in [5, 5.41) is 2.53. The van der Waals surface area contributed by atoms with Gasteiger partial charge in [-0.25, -0.2) is 0 Å². The van der Waals surface area contributed by atoms with Crippen LogP contribution in [0.3, 0.4) is 0 Å². The van der Waals surface area contributed by atoms with Gasteiger partial charge in [0.05, 0.1) is 17.1 Å². The molecule has 2 heterocycles. The van der Waals surface area contributed by atoms with Crippen molar-refractivity contribution < 1.29 is 0 Å². The van der Waals surface area contributed by atoms with Crippen LogP contribution in [0.25, 0.3) is 44.2 Å². The van der Waals surface area contributed by atoms with Crippen LogP contribution in [0.5, 0.6) is 0 Å². The van der Waals surface area contributed by atoms with Gasteiger partial charge in [-0.2, -0.15) is 0 Å². The van der Waals surface area contributed by atoms with E-state index < -0.39 is 0 Å². The third-order valence-corrected chi connectivity index (χ3v) is 14.8. The molecule has 0 bridgehead atoms. The van der Waals surface area contributed by atoms with E-state index in [1.54, 1.807) is 0 Å². The number of allylic oxidation sites excluding steroid dienone is 8. The van der Waals surface area contributed by atoms with E-state index in [-0.39, 0.29) is 11.5 Å². The minimum Gasteiger partial charge on any atom is -0.333 e. The number of hydrogen-bond acceptors (Lipinski definition) is 3. The van der Waals surface area contributed by atoms with Gasteiger partial charge in [0.2, 0.25) is 0 Å². The highest BCUT2D eigenvalue weighted by atomic mass is 15.2. The Morgan fingerprint density at radius 1 is 0.458 bits per heavy atom. The molecule has 0 saturated heterocycles. The summed E-state index contributed by atoms with van der Waals surface area (Å²) in [6.45, 7) is 2.44. The van der Waals surface area contributed by atoms with Crippen molar-refractivity contribution in [3.63, 3.8) is 0 Å². The molecule has 0 radical (unpaired) electrons. The summed E-state index contributed by atoms with van der Waals surface area (Å²) in [5.41, 5.74) is 18.5. The summed E-state index contributed by atoms with van der Waals surface area (Å²) >= 11 is 0. The molecule has 0 fully saturated rings. The van der Waals surface area contributed by atoms with Gasteiger partial charge in [-0.1, -0.05) is 164 Å². The van der Waals surface area contributed by atoms with Crippen molar-refractivity contribution in [2.45, 2.75) is 24.8 Å². The molecular formula is C68H52N4. The van der Waals surface area contributed by atoms with Gasteiger partial charge in [-0.15, -0.1) is 0 Å². The van der Waals surface area contributed by atoms with Crippen LogP contribution >= 0.6 is 0 Å². The number of aromatic nitrogens is 1. The fourth-order valence-electron chi connectivity index (χ4n) is 11.4. The third kappa shape index (κ3) is 7.48. The molecule has 0 spiro atoms. The smallest absolute Gasteiger partial charge is 0.0655 e. The molecule has 2 aliphatic carbocycles. The van der Waals surface area contributed by atoms with E-state index in [0.29, 0.717) is 0 Å². The van der Waals surface area contributed by atoms with Gasteiger partial charge in [0.1, 0.15) is 0 Å². The van der Waals surface area contributed by atoms with E-state index in [1.807, 2.05) is 0 Å². The maximum Gasteiger partial charge on any atom is 0.0655 e. The lowest BCUT2D eigenvalue weighted by Gasteiger charge is -2.36. The minimum absolute atomic E-state index is 0.0188. The summed E-state index contributed by atoms with van der Waals surface area (Å²) < 4.78 is 2.45. The second kappa shape index (κ2) is 18.0. The Balaban J connectivity index is 0.934. The van der Waals surface area contributed by atoms with Crippen LogP contribution in [0.4, 0.5) is 45.5 Å². The van der Waals surface area contributed by atoms with Gasteiger partial charge in [-0.05, 0) is 150 Å². The van der Waals surface area contributed by atoms with Crippen molar-refractivity contribution in [2.75, 3.05) is 14.7 Å². The van der Waals surface area contributed by atoms with E-state index in [4.69, 9.17) is 0 Å². The molecule has 2 atom stereocenters. The van der Waals surface area contributed by atoms with Gasteiger partial charge in [-0.3, -0.25) is 0 Å². The number of hydrogen-bond donors (Lipinski definition) is 0. The molecule has 0 amide bonds. The SMILES string of the molecule is CC12C=C(c3ccc4c(c3)c3ccccc3n4C3=CC=CC=CC3)C=CC1N(c1cccc(N(c3ccccc3)c3ccccc3)c1)c1ccc(-c3ccc(N(c4ccccc4)c4ccccc4)cc3)cc12. The predicted octanol–water partition coefficient (Wildman–Crippen LogP) is 18.2. The average molecular weight is 925 g/mol. The zero-order chi connectivity index (χ0) is 48.0. The van der Waals surface area contributed by atoms with Gasteiger partial charge >= 0.3 is 0 Å².